The maximum absolute atomic E-state index is 14.0. The van der Waals surface area contributed by atoms with E-state index in [-0.39, 0.29) is 24.6 Å². The lowest BCUT2D eigenvalue weighted by molar-refractivity contribution is 0.159. The number of hydrogen-bond donors (Lipinski definition) is 2. The zero-order chi connectivity index (χ0) is 25.7. The SMILES string of the molecule is COCCN1C[C@@H](NC(=O)Nc2c(Cl)c(COC)nn2C2C=CC=CC2)[C@H](c2ccc(F)c(F)c2)C1. The van der Waals surface area contributed by atoms with Gasteiger partial charge >= 0.3 is 6.03 Å². The van der Waals surface area contributed by atoms with E-state index in [4.69, 9.17) is 21.1 Å². The van der Waals surface area contributed by atoms with Crippen LogP contribution in [0.4, 0.5) is 19.4 Å². The summed E-state index contributed by atoms with van der Waals surface area (Å²) in [5.74, 6) is -1.69. The molecular weight excluding hydrogens is 492 g/mol. The molecule has 3 atom stereocenters. The highest BCUT2D eigenvalue weighted by molar-refractivity contribution is 6.34. The first-order valence-corrected chi connectivity index (χ1v) is 12.1. The quantitative estimate of drug-likeness (QED) is 0.515. The van der Waals surface area contributed by atoms with Crippen molar-refractivity contribution in [2.24, 2.45) is 0 Å². The Hall–Kier alpha value is -2.79. The second-order valence-electron chi connectivity index (χ2n) is 8.84. The largest absolute Gasteiger partial charge is 0.383 e. The zero-order valence-corrected chi connectivity index (χ0v) is 21.0. The highest BCUT2D eigenvalue weighted by atomic mass is 35.5. The number of ether oxygens (including phenoxy) is 2. The number of carbonyl (C=O) groups excluding carboxylic acids is 1. The van der Waals surface area contributed by atoms with Crippen LogP contribution in [0, 0.1) is 11.6 Å². The molecule has 1 saturated heterocycles. The van der Waals surface area contributed by atoms with Gasteiger partial charge in [0.1, 0.15) is 10.7 Å². The summed E-state index contributed by atoms with van der Waals surface area (Å²) in [7, 11) is 3.17. The molecule has 4 rings (SSSR count). The minimum atomic E-state index is -0.915. The highest BCUT2D eigenvalue weighted by Crippen LogP contribution is 2.33. The summed E-state index contributed by atoms with van der Waals surface area (Å²) in [6, 6.07) is 2.93. The van der Waals surface area contributed by atoms with Crippen LogP contribution < -0.4 is 10.6 Å². The summed E-state index contributed by atoms with van der Waals surface area (Å²) in [5.41, 5.74) is 1.13. The molecule has 2 N–H and O–H groups in total. The first-order valence-electron chi connectivity index (χ1n) is 11.7. The maximum Gasteiger partial charge on any atom is 0.320 e. The number of likely N-dealkylation sites (tertiary alicyclic amines) is 1. The number of amides is 2. The lowest BCUT2D eigenvalue weighted by Gasteiger charge is -2.22. The first kappa shape index (κ1) is 26.3. The molecule has 0 spiro atoms. The molecule has 1 fully saturated rings. The number of methoxy groups -OCH3 is 2. The van der Waals surface area contributed by atoms with E-state index < -0.39 is 17.7 Å². The molecule has 1 unspecified atom stereocenters. The van der Waals surface area contributed by atoms with Gasteiger partial charge in [0.05, 0.1) is 25.3 Å². The third kappa shape index (κ3) is 5.95. The molecule has 1 aliphatic carbocycles. The molecule has 1 aliphatic heterocycles. The van der Waals surface area contributed by atoms with Crippen LogP contribution >= 0.6 is 11.6 Å². The second kappa shape index (κ2) is 12.0. The molecule has 0 radical (unpaired) electrons. The van der Waals surface area contributed by atoms with Gasteiger partial charge < -0.3 is 14.8 Å². The van der Waals surface area contributed by atoms with Gasteiger partial charge in [-0.05, 0) is 24.1 Å². The second-order valence-corrected chi connectivity index (χ2v) is 9.22. The number of nitrogens with zero attached hydrogens (tertiary/aromatic N) is 3. The monoisotopic (exact) mass is 521 g/mol. The van der Waals surface area contributed by atoms with Crippen molar-refractivity contribution < 1.29 is 23.0 Å². The number of allylic oxidation sites excluding steroid dienone is 4. The van der Waals surface area contributed by atoms with Crippen molar-refractivity contribution in [3.8, 4) is 0 Å². The van der Waals surface area contributed by atoms with Crippen LogP contribution in [0.25, 0.3) is 0 Å². The van der Waals surface area contributed by atoms with Crippen LogP contribution in [0.3, 0.4) is 0 Å². The fourth-order valence-corrected chi connectivity index (χ4v) is 4.84. The normalized spacial score (nSPS) is 21.8. The lowest BCUT2D eigenvalue weighted by Crippen LogP contribution is -2.42. The van der Waals surface area contributed by atoms with E-state index in [2.05, 4.69) is 20.6 Å². The fraction of sp³-hybridized carbons (Fsp3) is 0.440. The molecule has 1 aromatic heterocycles. The summed E-state index contributed by atoms with van der Waals surface area (Å²) < 4.78 is 39.6. The van der Waals surface area contributed by atoms with Crippen LogP contribution in [0.1, 0.15) is 29.6 Å². The van der Waals surface area contributed by atoms with Gasteiger partial charge in [-0.1, -0.05) is 42.0 Å². The highest BCUT2D eigenvalue weighted by Gasteiger charge is 2.35. The summed E-state index contributed by atoms with van der Waals surface area (Å²) in [5, 5.41) is 10.7. The standard InChI is InChI=1S/C25H30ClF2N5O3/c1-35-11-10-32-13-18(16-8-9-19(27)20(28)12-16)21(14-32)29-25(34)30-24-23(26)22(15-36-2)31-33(24)17-6-4-3-5-7-17/h3-6,8-9,12,17-18,21H,7,10-11,13-15H2,1-2H3,(H2,29,30,34)/t17?,18-,21+/m0/s1. The molecule has 8 nitrogen and oxygen atoms in total. The lowest BCUT2D eigenvalue weighted by atomic mass is 9.94. The van der Waals surface area contributed by atoms with Gasteiger partial charge in [0, 0.05) is 39.8 Å². The van der Waals surface area contributed by atoms with Gasteiger partial charge in [-0.25, -0.2) is 18.3 Å². The van der Waals surface area contributed by atoms with Gasteiger partial charge in [-0.2, -0.15) is 5.10 Å². The molecule has 36 heavy (non-hydrogen) atoms. The van der Waals surface area contributed by atoms with Crippen molar-refractivity contribution in [3.63, 3.8) is 0 Å². The smallest absolute Gasteiger partial charge is 0.320 e. The number of hydrogen-bond acceptors (Lipinski definition) is 5. The van der Waals surface area contributed by atoms with E-state index in [1.54, 1.807) is 25.0 Å². The van der Waals surface area contributed by atoms with Crippen LogP contribution in [0.15, 0.2) is 42.5 Å². The maximum atomic E-state index is 14.0. The Kier molecular flexibility index (Phi) is 8.73. The molecule has 2 heterocycles. The summed E-state index contributed by atoms with van der Waals surface area (Å²) in [6.07, 6.45) is 8.56. The van der Waals surface area contributed by atoms with Gasteiger partial charge in [-0.3, -0.25) is 10.2 Å². The molecule has 194 valence electrons. The Balaban J connectivity index is 1.54. The topological polar surface area (TPSA) is 80.7 Å². The number of urea groups is 1. The van der Waals surface area contributed by atoms with Crippen LogP contribution in [0.5, 0.6) is 0 Å². The molecule has 0 saturated carbocycles. The average molecular weight is 522 g/mol. The molecule has 0 bridgehead atoms. The Morgan fingerprint density at radius 3 is 2.72 bits per heavy atom. The predicted molar refractivity (Wildman–Crippen MR) is 133 cm³/mol. The Labute approximate surface area is 213 Å². The Morgan fingerprint density at radius 2 is 2.03 bits per heavy atom. The van der Waals surface area contributed by atoms with Gasteiger partial charge in [0.15, 0.2) is 17.5 Å². The van der Waals surface area contributed by atoms with Crippen molar-refractivity contribution in [2.75, 3.05) is 45.8 Å². The molecule has 2 aliphatic rings. The summed E-state index contributed by atoms with van der Waals surface area (Å²) >= 11 is 6.58. The first-order chi connectivity index (χ1) is 17.4. The van der Waals surface area contributed by atoms with E-state index in [0.29, 0.717) is 54.8 Å². The summed E-state index contributed by atoms with van der Waals surface area (Å²) in [4.78, 5) is 15.3. The van der Waals surface area contributed by atoms with Crippen LogP contribution in [-0.2, 0) is 16.1 Å². The average Bonchev–Trinajstić information content (AvgIpc) is 3.41. The molecule has 2 aromatic rings. The molecule has 11 heteroatoms. The van der Waals surface area contributed by atoms with E-state index in [9.17, 15) is 13.6 Å². The third-order valence-corrected chi connectivity index (χ3v) is 6.80. The van der Waals surface area contributed by atoms with Gasteiger partial charge in [0.25, 0.3) is 0 Å². The molecular formula is C25H30ClF2N5O3. The summed E-state index contributed by atoms with van der Waals surface area (Å²) in [6.45, 7) is 2.46. The number of carbonyl (C=O) groups is 1. The molecule has 2 amide bonds. The Morgan fingerprint density at radius 1 is 1.19 bits per heavy atom. The van der Waals surface area contributed by atoms with Crippen molar-refractivity contribution in [1.29, 1.82) is 0 Å². The van der Waals surface area contributed by atoms with Crippen molar-refractivity contribution in [1.82, 2.24) is 20.0 Å². The van der Waals surface area contributed by atoms with E-state index in [1.807, 2.05) is 24.3 Å². The number of benzene rings is 1. The number of anilines is 1. The third-order valence-electron chi connectivity index (χ3n) is 6.40. The van der Waals surface area contributed by atoms with E-state index >= 15 is 0 Å². The fourth-order valence-electron chi connectivity index (χ4n) is 4.62. The van der Waals surface area contributed by atoms with E-state index in [0.717, 1.165) is 6.07 Å². The van der Waals surface area contributed by atoms with Gasteiger partial charge in [-0.15, -0.1) is 0 Å². The van der Waals surface area contributed by atoms with Crippen molar-refractivity contribution in [2.45, 2.75) is 31.0 Å². The van der Waals surface area contributed by atoms with Crippen molar-refractivity contribution >= 4 is 23.4 Å². The van der Waals surface area contributed by atoms with Crippen LogP contribution in [0.2, 0.25) is 5.02 Å². The molecule has 1 aromatic carbocycles. The minimum absolute atomic E-state index is 0.112. The van der Waals surface area contributed by atoms with Crippen LogP contribution in [-0.4, -0.2) is 67.2 Å². The van der Waals surface area contributed by atoms with Crippen molar-refractivity contribution in [3.05, 3.63) is 70.4 Å². The van der Waals surface area contributed by atoms with E-state index in [1.165, 1.54) is 6.07 Å². The Bertz CT molecular complexity index is 1140. The van der Waals surface area contributed by atoms with Gasteiger partial charge in [0.2, 0.25) is 0 Å². The number of halogens is 3. The minimum Gasteiger partial charge on any atom is -0.383 e. The number of rotatable bonds is 9. The number of nitrogens with one attached hydrogen (secondary N) is 2. The zero-order valence-electron chi connectivity index (χ0n) is 20.2. The number of aromatic nitrogens is 2. The predicted octanol–water partition coefficient (Wildman–Crippen LogP) is 4.25.